The van der Waals surface area contributed by atoms with E-state index < -0.39 is 0 Å². The SMILES string of the molecule is CC(C)NC(=O)CN1CCN(C(=O)NCCc2cn[nH]n2)CC1. The molecule has 9 heteroatoms. The van der Waals surface area contributed by atoms with Crippen molar-refractivity contribution >= 4 is 11.9 Å². The van der Waals surface area contributed by atoms with Crippen molar-refractivity contribution in [2.75, 3.05) is 39.3 Å². The molecule has 1 saturated heterocycles. The summed E-state index contributed by atoms with van der Waals surface area (Å²) >= 11 is 0. The second-order valence-electron chi connectivity index (χ2n) is 5.93. The summed E-state index contributed by atoms with van der Waals surface area (Å²) in [5, 5.41) is 16.0. The minimum Gasteiger partial charge on any atom is -0.353 e. The highest BCUT2D eigenvalue weighted by Crippen LogP contribution is 2.02. The lowest BCUT2D eigenvalue weighted by Gasteiger charge is -2.34. The van der Waals surface area contributed by atoms with Crippen LogP contribution in [0.4, 0.5) is 4.79 Å². The third-order valence-electron chi connectivity index (χ3n) is 3.60. The maximum Gasteiger partial charge on any atom is 0.317 e. The van der Waals surface area contributed by atoms with Gasteiger partial charge in [-0.2, -0.15) is 15.4 Å². The van der Waals surface area contributed by atoms with E-state index in [9.17, 15) is 9.59 Å². The second-order valence-corrected chi connectivity index (χ2v) is 5.93. The molecular weight excluding hydrogens is 298 g/mol. The fourth-order valence-electron chi connectivity index (χ4n) is 2.43. The molecule has 0 saturated carbocycles. The van der Waals surface area contributed by atoms with Crippen LogP contribution in [0, 0.1) is 0 Å². The van der Waals surface area contributed by atoms with Crippen molar-refractivity contribution in [1.29, 1.82) is 0 Å². The predicted octanol–water partition coefficient (Wildman–Crippen LogP) is -0.801. The summed E-state index contributed by atoms with van der Waals surface area (Å²) in [6.45, 7) is 7.49. The summed E-state index contributed by atoms with van der Waals surface area (Å²) in [5.41, 5.74) is 0.825. The Morgan fingerprint density at radius 3 is 2.65 bits per heavy atom. The Kier molecular flexibility index (Phi) is 6.33. The molecule has 2 heterocycles. The molecular formula is C14H25N7O2. The van der Waals surface area contributed by atoms with Crippen LogP contribution >= 0.6 is 0 Å². The molecule has 9 nitrogen and oxygen atoms in total. The van der Waals surface area contributed by atoms with Gasteiger partial charge in [-0.15, -0.1) is 0 Å². The molecule has 2 rings (SSSR count). The number of hydrogen-bond donors (Lipinski definition) is 3. The first-order valence-electron chi connectivity index (χ1n) is 7.93. The van der Waals surface area contributed by atoms with E-state index in [0.717, 1.165) is 5.69 Å². The number of carbonyl (C=O) groups is 2. The van der Waals surface area contributed by atoms with Gasteiger partial charge in [0, 0.05) is 45.2 Å². The Hall–Kier alpha value is -2.16. The van der Waals surface area contributed by atoms with Gasteiger partial charge in [-0.1, -0.05) is 0 Å². The van der Waals surface area contributed by atoms with Crippen LogP contribution in [0.25, 0.3) is 0 Å². The normalized spacial score (nSPS) is 15.7. The van der Waals surface area contributed by atoms with Crippen molar-refractivity contribution < 1.29 is 9.59 Å². The van der Waals surface area contributed by atoms with Crippen molar-refractivity contribution in [2.45, 2.75) is 26.3 Å². The van der Waals surface area contributed by atoms with Crippen LogP contribution in [0.1, 0.15) is 19.5 Å². The van der Waals surface area contributed by atoms with Crippen LogP contribution in [0.2, 0.25) is 0 Å². The number of hydrogen-bond acceptors (Lipinski definition) is 5. The molecule has 0 aliphatic carbocycles. The lowest BCUT2D eigenvalue weighted by atomic mass is 10.3. The van der Waals surface area contributed by atoms with E-state index in [1.54, 1.807) is 11.1 Å². The van der Waals surface area contributed by atoms with E-state index in [2.05, 4.69) is 30.9 Å². The van der Waals surface area contributed by atoms with Gasteiger partial charge in [-0.25, -0.2) is 4.79 Å². The number of urea groups is 1. The fourth-order valence-corrected chi connectivity index (χ4v) is 2.43. The highest BCUT2D eigenvalue weighted by molar-refractivity contribution is 5.78. The number of nitrogens with one attached hydrogen (secondary N) is 3. The number of amides is 3. The van der Waals surface area contributed by atoms with Crippen molar-refractivity contribution in [2.24, 2.45) is 0 Å². The standard InChI is InChI=1S/C14H25N7O2/c1-11(2)17-13(22)10-20-5-7-21(8-6-20)14(23)15-4-3-12-9-16-19-18-12/h9,11H,3-8,10H2,1-2H3,(H,15,23)(H,17,22)(H,16,18,19). The van der Waals surface area contributed by atoms with Crippen LogP contribution in [0.5, 0.6) is 0 Å². The van der Waals surface area contributed by atoms with Gasteiger partial charge in [0.15, 0.2) is 0 Å². The van der Waals surface area contributed by atoms with E-state index in [-0.39, 0.29) is 18.0 Å². The molecule has 0 atom stereocenters. The van der Waals surface area contributed by atoms with Gasteiger partial charge in [0.1, 0.15) is 0 Å². The number of aromatic nitrogens is 3. The number of piperazine rings is 1. The summed E-state index contributed by atoms with van der Waals surface area (Å²) in [7, 11) is 0. The van der Waals surface area contributed by atoms with Crippen molar-refractivity contribution in [3.63, 3.8) is 0 Å². The lowest BCUT2D eigenvalue weighted by molar-refractivity contribution is -0.123. The van der Waals surface area contributed by atoms with E-state index in [1.165, 1.54) is 0 Å². The van der Waals surface area contributed by atoms with Gasteiger partial charge in [0.25, 0.3) is 0 Å². The molecule has 1 fully saturated rings. The molecule has 0 spiro atoms. The zero-order valence-electron chi connectivity index (χ0n) is 13.7. The number of aromatic amines is 1. The largest absolute Gasteiger partial charge is 0.353 e. The quantitative estimate of drug-likeness (QED) is 0.635. The maximum absolute atomic E-state index is 12.1. The van der Waals surface area contributed by atoms with Gasteiger partial charge < -0.3 is 15.5 Å². The van der Waals surface area contributed by atoms with Gasteiger partial charge in [-0.3, -0.25) is 9.69 Å². The first-order chi connectivity index (χ1) is 11.0. The minimum atomic E-state index is -0.0697. The van der Waals surface area contributed by atoms with Crippen LogP contribution in [0.3, 0.4) is 0 Å². The number of nitrogens with zero attached hydrogens (tertiary/aromatic N) is 4. The number of rotatable bonds is 6. The molecule has 128 valence electrons. The Morgan fingerprint density at radius 2 is 2.04 bits per heavy atom. The molecule has 3 amide bonds. The van der Waals surface area contributed by atoms with Crippen LogP contribution in [0.15, 0.2) is 6.20 Å². The average Bonchev–Trinajstić information content (AvgIpc) is 3.00. The van der Waals surface area contributed by atoms with Gasteiger partial charge in [0.2, 0.25) is 5.91 Å². The van der Waals surface area contributed by atoms with E-state index >= 15 is 0 Å². The van der Waals surface area contributed by atoms with Gasteiger partial charge in [0.05, 0.1) is 18.4 Å². The van der Waals surface area contributed by atoms with Gasteiger partial charge >= 0.3 is 6.03 Å². The van der Waals surface area contributed by atoms with Crippen LogP contribution < -0.4 is 10.6 Å². The topological polar surface area (TPSA) is 106 Å². The summed E-state index contributed by atoms with van der Waals surface area (Å²) in [5.74, 6) is 0.0329. The first kappa shape index (κ1) is 17.2. The molecule has 0 unspecified atom stereocenters. The summed E-state index contributed by atoms with van der Waals surface area (Å²) in [6.07, 6.45) is 2.30. The predicted molar refractivity (Wildman–Crippen MR) is 84.8 cm³/mol. The van der Waals surface area contributed by atoms with Crippen molar-refractivity contribution in [3.8, 4) is 0 Å². The lowest BCUT2D eigenvalue weighted by Crippen LogP contribution is -2.53. The molecule has 1 aromatic rings. The Morgan fingerprint density at radius 1 is 1.30 bits per heavy atom. The van der Waals surface area contributed by atoms with Crippen LogP contribution in [-0.4, -0.2) is 82.5 Å². The molecule has 23 heavy (non-hydrogen) atoms. The zero-order chi connectivity index (χ0) is 16.7. The van der Waals surface area contributed by atoms with E-state index in [1.807, 2.05) is 13.8 Å². The third kappa shape index (κ3) is 5.85. The highest BCUT2D eigenvalue weighted by atomic mass is 16.2. The summed E-state index contributed by atoms with van der Waals surface area (Å²) < 4.78 is 0. The Bertz CT molecular complexity index is 495. The molecule has 3 N–H and O–H groups in total. The second kappa shape index (κ2) is 8.47. The molecule has 0 bridgehead atoms. The van der Waals surface area contributed by atoms with Gasteiger partial charge in [-0.05, 0) is 13.8 Å². The molecule has 1 aliphatic rings. The summed E-state index contributed by atoms with van der Waals surface area (Å²) in [6, 6.07) is 0.0825. The first-order valence-corrected chi connectivity index (χ1v) is 7.93. The van der Waals surface area contributed by atoms with Crippen molar-refractivity contribution in [3.05, 3.63) is 11.9 Å². The smallest absolute Gasteiger partial charge is 0.317 e. The molecule has 1 aromatic heterocycles. The number of carbonyl (C=O) groups excluding carboxylic acids is 2. The van der Waals surface area contributed by atoms with Crippen molar-refractivity contribution in [1.82, 2.24) is 35.8 Å². The molecule has 1 aliphatic heterocycles. The molecule has 0 aromatic carbocycles. The zero-order valence-corrected chi connectivity index (χ0v) is 13.7. The third-order valence-corrected chi connectivity index (χ3v) is 3.60. The minimum absolute atomic E-state index is 0.0329. The fraction of sp³-hybridized carbons (Fsp3) is 0.714. The Labute approximate surface area is 135 Å². The maximum atomic E-state index is 12.1. The monoisotopic (exact) mass is 323 g/mol. The molecule has 0 radical (unpaired) electrons. The van der Waals surface area contributed by atoms with Crippen LogP contribution in [-0.2, 0) is 11.2 Å². The highest BCUT2D eigenvalue weighted by Gasteiger charge is 2.22. The van der Waals surface area contributed by atoms with E-state index in [4.69, 9.17) is 0 Å². The average molecular weight is 323 g/mol. The number of H-pyrrole nitrogens is 1. The van der Waals surface area contributed by atoms with E-state index in [0.29, 0.717) is 45.7 Å². The summed E-state index contributed by atoms with van der Waals surface area (Å²) in [4.78, 5) is 27.6. The Balaban J connectivity index is 1.63.